The lowest BCUT2D eigenvalue weighted by atomic mass is 9.94. The van der Waals surface area contributed by atoms with Crippen LogP contribution in [0.3, 0.4) is 0 Å². The van der Waals surface area contributed by atoms with Gasteiger partial charge in [-0.1, -0.05) is 47.7 Å². The van der Waals surface area contributed by atoms with Gasteiger partial charge in [-0.15, -0.1) is 0 Å². The number of carbonyl (C=O) groups is 2. The molecule has 0 saturated carbocycles. The molecule has 2 amide bonds. The van der Waals surface area contributed by atoms with Gasteiger partial charge in [0.05, 0.1) is 29.6 Å². The molecule has 1 atom stereocenters. The molecule has 0 radical (unpaired) electrons. The van der Waals surface area contributed by atoms with Crippen LogP contribution in [0.2, 0.25) is 0 Å². The monoisotopic (exact) mass is 544 g/mol. The highest BCUT2D eigenvalue weighted by Crippen LogP contribution is 2.38. The maximum Gasteiger partial charge on any atom is 0.271 e. The Kier molecular flexibility index (Phi) is 7.03. The molecule has 0 fully saturated rings. The van der Waals surface area contributed by atoms with Crippen LogP contribution >= 0.6 is 11.3 Å². The Morgan fingerprint density at radius 3 is 2.41 bits per heavy atom. The van der Waals surface area contributed by atoms with Crippen LogP contribution in [0, 0.1) is 0 Å². The summed E-state index contributed by atoms with van der Waals surface area (Å²) in [5.74, 6) is 0.178. The van der Waals surface area contributed by atoms with Gasteiger partial charge in [0, 0.05) is 30.3 Å². The summed E-state index contributed by atoms with van der Waals surface area (Å²) in [6.07, 6.45) is 0. The minimum Gasteiger partial charge on any atom is -0.496 e. The maximum absolute atomic E-state index is 14.3. The van der Waals surface area contributed by atoms with Crippen molar-refractivity contribution < 1.29 is 14.3 Å². The Balaban J connectivity index is 1.85. The molecule has 2 aromatic carbocycles. The van der Waals surface area contributed by atoms with Crippen molar-refractivity contribution >= 4 is 34.4 Å². The summed E-state index contributed by atoms with van der Waals surface area (Å²) < 4.78 is 7.56. The molecule has 0 aliphatic carbocycles. The van der Waals surface area contributed by atoms with Crippen LogP contribution in [0.5, 0.6) is 5.75 Å². The molecule has 9 heteroatoms. The summed E-state index contributed by atoms with van der Waals surface area (Å²) in [4.78, 5) is 50.6. The number of amides is 2. The molecule has 2 aliphatic rings. The number of rotatable bonds is 6. The fraction of sp³-hybridized carbons (Fsp3) is 0.333. The lowest BCUT2D eigenvalue weighted by Gasteiger charge is -2.29. The second-order valence-corrected chi connectivity index (χ2v) is 10.8. The summed E-state index contributed by atoms with van der Waals surface area (Å²) in [6, 6.07) is 14.1. The summed E-state index contributed by atoms with van der Waals surface area (Å²) in [6.45, 7) is 10.6. The van der Waals surface area contributed by atoms with Gasteiger partial charge in [0.25, 0.3) is 17.4 Å². The number of thiazole rings is 1. The van der Waals surface area contributed by atoms with Gasteiger partial charge >= 0.3 is 0 Å². The first-order valence-corrected chi connectivity index (χ1v) is 14.0. The van der Waals surface area contributed by atoms with Crippen molar-refractivity contribution in [3.05, 3.63) is 90.6 Å². The van der Waals surface area contributed by atoms with Crippen LogP contribution in [0.1, 0.15) is 51.8 Å². The number of likely N-dealkylation sites (N-methyl/N-ethyl adjacent to an activating group) is 1. The zero-order valence-electron chi connectivity index (χ0n) is 23.0. The molecule has 0 N–H and O–H groups in total. The highest BCUT2D eigenvalue weighted by molar-refractivity contribution is 7.07. The standard InChI is InChI=1S/C30H32N4O4S/c1-7-32(8-2)27(35)23-18(5)31-30-34(25(23)20-14-10-12-16-22(20)38-6)29(37)26(39-30)24-19-13-9-11-15-21(19)33(17(3)4)28(24)36/h9-17,25H,7-8H2,1-6H3/b26-24-/t25-/m0/s1. The molecular weight excluding hydrogens is 512 g/mol. The highest BCUT2D eigenvalue weighted by Gasteiger charge is 2.39. The summed E-state index contributed by atoms with van der Waals surface area (Å²) in [7, 11) is 1.57. The van der Waals surface area contributed by atoms with E-state index in [0.717, 1.165) is 11.3 Å². The first kappa shape index (κ1) is 26.6. The molecule has 0 unspecified atom stereocenters. The van der Waals surface area contributed by atoms with Crippen LogP contribution in [-0.2, 0) is 9.59 Å². The quantitative estimate of drug-likeness (QED) is 0.477. The molecule has 8 nitrogen and oxygen atoms in total. The van der Waals surface area contributed by atoms with Crippen LogP contribution in [-0.4, -0.2) is 47.5 Å². The van der Waals surface area contributed by atoms with Gasteiger partial charge in [0.15, 0.2) is 4.80 Å². The average Bonchev–Trinajstić information content (AvgIpc) is 3.40. The normalized spacial score (nSPS) is 17.8. The van der Waals surface area contributed by atoms with Gasteiger partial charge in [-0.25, -0.2) is 4.99 Å². The van der Waals surface area contributed by atoms with E-state index in [0.29, 0.717) is 50.6 Å². The molecule has 0 bridgehead atoms. The lowest BCUT2D eigenvalue weighted by molar-refractivity contribution is -0.127. The predicted molar refractivity (Wildman–Crippen MR) is 153 cm³/mol. The fourth-order valence-electron chi connectivity index (χ4n) is 5.49. The second-order valence-electron chi connectivity index (χ2n) is 9.78. The number of carbonyl (C=O) groups excluding carboxylic acids is 2. The van der Waals surface area contributed by atoms with E-state index in [1.807, 2.05) is 76.2 Å². The third kappa shape index (κ3) is 4.12. The van der Waals surface area contributed by atoms with Gasteiger partial charge in [-0.3, -0.25) is 19.0 Å². The summed E-state index contributed by atoms with van der Waals surface area (Å²) in [5, 5.41) is 0. The maximum atomic E-state index is 14.3. The Hall–Kier alpha value is -3.98. The van der Waals surface area contributed by atoms with Crippen molar-refractivity contribution in [2.75, 3.05) is 25.1 Å². The van der Waals surface area contributed by atoms with E-state index in [1.54, 1.807) is 28.4 Å². The number of aromatic nitrogens is 1. The third-order valence-electron chi connectivity index (χ3n) is 7.32. The molecular formula is C30H32N4O4S. The SMILES string of the molecule is CCN(CC)C(=O)C1=C(C)N=c2s/c(=C3\C(=O)N(C(C)C)c4ccccc43)c(=O)n2[C@H]1c1ccccc1OC. The molecule has 39 heavy (non-hydrogen) atoms. The van der Waals surface area contributed by atoms with Gasteiger partial charge < -0.3 is 14.5 Å². The van der Waals surface area contributed by atoms with E-state index in [2.05, 4.69) is 0 Å². The largest absolute Gasteiger partial charge is 0.496 e. The predicted octanol–water partition coefficient (Wildman–Crippen LogP) is 3.24. The van der Waals surface area contributed by atoms with E-state index < -0.39 is 6.04 Å². The Bertz CT molecular complexity index is 1690. The molecule has 3 heterocycles. The van der Waals surface area contributed by atoms with Crippen molar-refractivity contribution in [1.82, 2.24) is 9.47 Å². The number of hydrogen-bond acceptors (Lipinski definition) is 6. The minimum atomic E-state index is -0.757. The van der Waals surface area contributed by atoms with E-state index in [1.165, 1.54) is 11.3 Å². The van der Waals surface area contributed by atoms with Crippen molar-refractivity contribution in [2.45, 2.75) is 46.7 Å². The second kappa shape index (κ2) is 10.3. The smallest absolute Gasteiger partial charge is 0.271 e. The summed E-state index contributed by atoms with van der Waals surface area (Å²) in [5.41, 5.74) is 3.19. The average molecular weight is 545 g/mol. The first-order valence-electron chi connectivity index (χ1n) is 13.1. The third-order valence-corrected chi connectivity index (χ3v) is 8.37. The van der Waals surface area contributed by atoms with E-state index >= 15 is 0 Å². The number of nitrogens with zero attached hydrogens (tertiary/aromatic N) is 4. The van der Waals surface area contributed by atoms with Gasteiger partial charge in [-0.05, 0) is 46.8 Å². The topological polar surface area (TPSA) is 84.2 Å². The first-order chi connectivity index (χ1) is 18.7. The lowest BCUT2D eigenvalue weighted by Crippen LogP contribution is -2.43. The van der Waals surface area contributed by atoms with Crippen LogP contribution in [0.4, 0.5) is 5.69 Å². The number of para-hydroxylation sites is 2. The number of methoxy groups -OCH3 is 1. The number of fused-ring (bicyclic) bond motifs is 2. The van der Waals surface area contributed by atoms with E-state index in [9.17, 15) is 14.4 Å². The van der Waals surface area contributed by atoms with Crippen molar-refractivity contribution in [1.29, 1.82) is 0 Å². The van der Waals surface area contributed by atoms with Crippen LogP contribution in [0.15, 0.2) is 69.6 Å². The highest BCUT2D eigenvalue weighted by atomic mass is 32.1. The molecule has 2 aliphatic heterocycles. The van der Waals surface area contributed by atoms with Gasteiger partial charge in [0.1, 0.15) is 16.3 Å². The number of benzene rings is 2. The van der Waals surface area contributed by atoms with Gasteiger partial charge in [0.2, 0.25) is 0 Å². The number of anilines is 1. The molecule has 5 rings (SSSR count). The van der Waals surface area contributed by atoms with Crippen molar-refractivity contribution in [2.24, 2.45) is 4.99 Å². The van der Waals surface area contributed by atoms with Crippen LogP contribution in [0.25, 0.3) is 5.57 Å². The summed E-state index contributed by atoms with van der Waals surface area (Å²) >= 11 is 1.19. The zero-order valence-corrected chi connectivity index (χ0v) is 23.8. The van der Waals surface area contributed by atoms with E-state index in [4.69, 9.17) is 9.73 Å². The Morgan fingerprint density at radius 1 is 1.08 bits per heavy atom. The number of allylic oxidation sites excluding steroid dienone is 1. The molecule has 0 spiro atoms. The molecule has 202 valence electrons. The number of hydrogen-bond donors (Lipinski definition) is 0. The van der Waals surface area contributed by atoms with Crippen molar-refractivity contribution in [3.8, 4) is 5.75 Å². The number of ether oxygens (including phenoxy) is 1. The molecule has 3 aromatic rings. The van der Waals surface area contributed by atoms with Crippen LogP contribution < -0.4 is 24.5 Å². The Morgan fingerprint density at radius 2 is 1.74 bits per heavy atom. The fourth-order valence-corrected chi connectivity index (χ4v) is 6.62. The van der Waals surface area contributed by atoms with E-state index in [-0.39, 0.29) is 23.4 Å². The molecule has 1 aromatic heterocycles. The Labute approximate surface area is 231 Å². The van der Waals surface area contributed by atoms with Crippen molar-refractivity contribution in [3.63, 3.8) is 0 Å². The zero-order chi connectivity index (χ0) is 28.0. The van der Waals surface area contributed by atoms with Gasteiger partial charge in [-0.2, -0.15) is 0 Å². The molecule has 0 saturated heterocycles. The minimum absolute atomic E-state index is 0.0817.